The van der Waals surface area contributed by atoms with Gasteiger partial charge in [0.1, 0.15) is 0 Å². The summed E-state index contributed by atoms with van der Waals surface area (Å²) in [4.78, 5) is 0. The Kier molecular flexibility index (Phi) is 3.13. The molecule has 2 nitrogen and oxygen atoms in total. The Hall–Kier alpha value is -0.0800. The Morgan fingerprint density at radius 1 is 1.00 bits per heavy atom. The molecule has 2 saturated carbocycles. The van der Waals surface area contributed by atoms with Crippen LogP contribution in [0.5, 0.6) is 0 Å². The molecule has 2 fully saturated rings. The van der Waals surface area contributed by atoms with Crippen LogP contribution in [0, 0.1) is 11.3 Å². The van der Waals surface area contributed by atoms with Gasteiger partial charge in [-0.2, -0.15) is 0 Å². The Labute approximate surface area is 86.3 Å². The van der Waals surface area contributed by atoms with Crippen molar-refractivity contribution in [2.24, 2.45) is 11.3 Å². The minimum absolute atomic E-state index is 0.0885. The quantitative estimate of drug-likeness (QED) is 0.677. The molecule has 0 aliphatic heterocycles. The molecule has 2 aliphatic carbocycles. The van der Waals surface area contributed by atoms with E-state index in [1.807, 2.05) is 0 Å². The van der Waals surface area contributed by atoms with Gasteiger partial charge in [0.2, 0.25) is 0 Å². The summed E-state index contributed by atoms with van der Waals surface area (Å²) in [6.45, 7) is 0.275. The number of rotatable bonds is 1. The van der Waals surface area contributed by atoms with E-state index in [0.717, 1.165) is 25.7 Å². The van der Waals surface area contributed by atoms with Crippen LogP contribution in [0.1, 0.15) is 51.4 Å². The molecule has 0 bridgehead atoms. The van der Waals surface area contributed by atoms with Crippen LogP contribution in [0.4, 0.5) is 0 Å². The molecule has 2 N–H and O–H groups in total. The van der Waals surface area contributed by atoms with Gasteiger partial charge in [0, 0.05) is 12.0 Å². The van der Waals surface area contributed by atoms with Crippen molar-refractivity contribution in [2.75, 3.05) is 6.61 Å². The van der Waals surface area contributed by atoms with Crippen LogP contribution in [0.2, 0.25) is 0 Å². The number of aliphatic hydroxyl groups is 2. The van der Waals surface area contributed by atoms with Gasteiger partial charge in [-0.25, -0.2) is 0 Å². The van der Waals surface area contributed by atoms with E-state index in [0.29, 0.717) is 5.92 Å². The Morgan fingerprint density at radius 2 is 1.64 bits per heavy atom. The molecule has 1 spiro atoms. The van der Waals surface area contributed by atoms with Crippen molar-refractivity contribution < 1.29 is 10.2 Å². The molecule has 2 rings (SSSR count). The number of aliphatic hydroxyl groups excluding tert-OH is 2. The normalized spacial score (nSPS) is 37.3. The SMILES string of the molecule is OCC1CCC(O)C12CCCCCC2. The van der Waals surface area contributed by atoms with E-state index in [4.69, 9.17) is 0 Å². The molecule has 2 unspecified atom stereocenters. The third-order valence-electron chi connectivity index (χ3n) is 4.52. The fourth-order valence-corrected chi connectivity index (χ4v) is 3.61. The number of hydrogen-bond donors (Lipinski definition) is 2. The highest BCUT2D eigenvalue weighted by molar-refractivity contribution is 4.98. The topological polar surface area (TPSA) is 40.5 Å². The molecule has 0 radical (unpaired) electrons. The average molecular weight is 198 g/mol. The van der Waals surface area contributed by atoms with Crippen molar-refractivity contribution in [2.45, 2.75) is 57.5 Å². The summed E-state index contributed by atoms with van der Waals surface area (Å²) >= 11 is 0. The van der Waals surface area contributed by atoms with Gasteiger partial charge in [0.15, 0.2) is 0 Å². The maximum Gasteiger partial charge on any atom is 0.0600 e. The van der Waals surface area contributed by atoms with E-state index in [1.54, 1.807) is 0 Å². The molecule has 82 valence electrons. The van der Waals surface area contributed by atoms with Crippen LogP contribution >= 0.6 is 0 Å². The lowest BCUT2D eigenvalue weighted by Gasteiger charge is -2.36. The smallest absolute Gasteiger partial charge is 0.0600 e. The van der Waals surface area contributed by atoms with Crippen molar-refractivity contribution >= 4 is 0 Å². The molecular weight excluding hydrogens is 176 g/mol. The van der Waals surface area contributed by atoms with Crippen molar-refractivity contribution in [1.29, 1.82) is 0 Å². The van der Waals surface area contributed by atoms with Gasteiger partial charge < -0.3 is 10.2 Å². The summed E-state index contributed by atoms with van der Waals surface area (Å²) in [6, 6.07) is 0. The maximum absolute atomic E-state index is 10.1. The van der Waals surface area contributed by atoms with Crippen molar-refractivity contribution in [3.63, 3.8) is 0 Å². The highest BCUT2D eigenvalue weighted by atomic mass is 16.3. The molecule has 2 heteroatoms. The van der Waals surface area contributed by atoms with Gasteiger partial charge in [0.25, 0.3) is 0 Å². The summed E-state index contributed by atoms with van der Waals surface area (Å²) in [5.74, 6) is 0.371. The molecular formula is C12H22O2. The number of hydrogen-bond acceptors (Lipinski definition) is 2. The van der Waals surface area contributed by atoms with Crippen LogP contribution in [0.25, 0.3) is 0 Å². The first kappa shape index (κ1) is 10.4. The third-order valence-corrected chi connectivity index (χ3v) is 4.52. The van der Waals surface area contributed by atoms with Crippen molar-refractivity contribution in [3.05, 3.63) is 0 Å². The molecule has 0 aromatic carbocycles. The second kappa shape index (κ2) is 4.19. The van der Waals surface area contributed by atoms with E-state index in [1.165, 1.54) is 25.7 Å². The van der Waals surface area contributed by atoms with Crippen LogP contribution in [-0.2, 0) is 0 Å². The zero-order valence-corrected chi connectivity index (χ0v) is 8.91. The molecule has 0 aromatic heterocycles. The summed E-state index contributed by atoms with van der Waals surface area (Å²) < 4.78 is 0. The van der Waals surface area contributed by atoms with Gasteiger partial charge in [-0.05, 0) is 31.6 Å². The van der Waals surface area contributed by atoms with Gasteiger partial charge in [-0.3, -0.25) is 0 Å². The predicted molar refractivity (Wildman–Crippen MR) is 56.0 cm³/mol. The van der Waals surface area contributed by atoms with Crippen LogP contribution in [-0.4, -0.2) is 22.9 Å². The maximum atomic E-state index is 10.1. The minimum atomic E-state index is -0.141. The Morgan fingerprint density at radius 3 is 2.21 bits per heavy atom. The first-order valence-electron chi connectivity index (χ1n) is 6.08. The second-order valence-corrected chi connectivity index (χ2v) is 5.12. The monoisotopic (exact) mass is 198 g/mol. The lowest BCUT2D eigenvalue weighted by Crippen LogP contribution is -2.36. The van der Waals surface area contributed by atoms with Crippen LogP contribution in [0.15, 0.2) is 0 Å². The zero-order chi connectivity index (χ0) is 10.0. The first-order chi connectivity index (χ1) is 6.79. The van der Waals surface area contributed by atoms with E-state index in [9.17, 15) is 10.2 Å². The molecule has 2 aliphatic rings. The standard InChI is InChI=1S/C12H22O2/c13-9-10-5-6-11(14)12(10)7-3-1-2-4-8-12/h10-11,13-14H,1-9H2. The molecule has 0 aromatic rings. The minimum Gasteiger partial charge on any atom is -0.396 e. The molecule has 2 atom stereocenters. The molecule has 0 heterocycles. The summed E-state index contributed by atoms with van der Waals surface area (Å²) in [5, 5.41) is 19.5. The predicted octanol–water partition coefficient (Wildman–Crippen LogP) is 2.09. The van der Waals surface area contributed by atoms with Crippen LogP contribution in [0.3, 0.4) is 0 Å². The summed E-state index contributed by atoms with van der Waals surface area (Å²) in [7, 11) is 0. The largest absolute Gasteiger partial charge is 0.396 e. The molecule has 0 amide bonds. The first-order valence-corrected chi connectivity index (χ1v) is 6.08. The van der Waals surface area contributed by atoms with E-state index in [2.05, 4.69) is 0 Å². The Bertz CT molecular complexity index is 183. The van der Waals surface area contributed by atoms with E-state index >= 15 is 0 Å². The second-order valence-electron chi connectivity index (χ2n) is 5.12. The van der Waals surface area contributed by atoms with Gasteiger partial charge in [-0.1, -0.05) is 25.7 Å². The average Bonchev–Trinajstić information content (AvgIpc) is 2.42. The van der Waals surface area contributed by atoms with Gasteiger partial charge in [-0.15, -0.1) is 0 Å². The molecule has 14 heavy (non-hydrogen) atoms. The highest BCUT2D eigenvalue weighted by Crippen LogP contribution is 2.51. The third kappa shape index (κ3) is 1.59. The zero-order valence-electron chi connectivity index (χ0n) is 8.91. The fraction of sp³-hybridized carbons (Fsp3) is 1.00. The highest BCUT2D eigenvalue weighted by Gasteiger charge is 2.48. The lowest BCUT2D eigenvalue weighted by atomic mass is 9.71. The van der Waals surface area contributed by atoms with Crippen molar-refractivity contribution in [3.8, 4) is 0 Å². The fourth-order valence-electron chi connectivity index (χ4n) is 3.61. The van der Waals surface area contributed by atoms with Gasteiger partial charge in [0.05, 0.1) is 6.10 Å². The summed E-state index contributed by atoms with van der Waals surface area (Å²) in [5.41, 5.74) is 0.0885. The van der Waals surface area contributed by atoms with E-state index < -0.39 is 0 Å². The Balaban J connectivity index is 2.15. The van der Waals surface area contributed by atoms with Gasteiger partial charge >= 0.3 is 0 Å². The molecule has 0 saturated heterocycles. The van der Waals surface area contributed by atoms with E-state index in [-0.39, 0.29) is 18.1 Å². The summed E-state index contributed by atoms with van der Waals surface area (Å²) in [6.07, 6.45) is 9.18. The lowest BCUT2D eigenvalue weighted by molar-refractivity contribution is -0.00527. The van der Waals surface area contributed by atoms with Crippen molar-refractivity contribution in [1.82, 2.24) is 0 Å². The van der Waals surface area contributed by atoms with Crippen LogP contribution < -0.4 is 0 Å².